The predicted molar refractivity (Wildman–Crippen MR) is 243 cm³/mol. The lowest BCUT2D eigenvalue weighted by Crippen LogP contribution is -2.00. The van der Waals surface area contributed by atoms with Crippen molar-refractivity contribution in [3.63, 3.8) is 0 Å². The molecule has 290 valence electrons. The van der Waals surface area contributed by atoms with E-state index in [1.807, 2.05) is 0 Å². The maximum atomic E-state index is 5.89. The van der Waals surface area contributed by atoms with E-state index in [0.717, 1.165) is 93.4 Å². The first-order valence-corrected chi connectivity index (χ1v) is 21.8. The molecule has 0 amide bonds. The van der Waals surface area contributed by atoms with Crippen molar-refractivity contribution in [2.24, 2.45) is 0 Å². The lowest BCUT2D eigenvalue weighted by atomic mass is 9.89. The second-order valence-electron chi connectivity index (χ2n) is 15.3. The summed E-state index contributed by atoms with van der Waals surface area (Å²) >= 11 is 0. The molecular formula is C52H62N4. The number of fused-ring (bicyclic) bond motifs is 8. The number of nitrogens with one attached hydrogen (secondary N) is 2. The molecule has 0 saturated carbocycles. The number of hydrogen-bond donors (Lipinski definition) is 2. The Morgan fingerprint density at radius 1 is 0.411 bits per heavy atom. The van der Waals surface area contributed by atoms with Crippen LogP contribution in [0.15, 0.2) is 66.7 Å². The van der Waals surface area contributed by atoms with Crippen LogP contribution in [0.1, 0.15) is 151 Å². The van der Waals surface area contributed by atoms with Gasteiger partial charge in [-0.25, -0.2) is 9.97 Å². The molecule has 0 unspecified atom stereocenters. The topological polar surface area (TPSA) is 57.4 Å². The van der Waals surface area contributed by atoms with E-state index in [0.29, 0.717) is 0 Å². The molecule has 5 heterocycles. The molecule has 2 aromatic carbocycles. The first-order valence-electron chi connectivity index (χ1n) is 21.8. The first-order chi connectivity index (χ1) is 27.4. The molecule has 4 nitrogen and oxygen atoms in total. The zero-order chi connectivity index (χ0) is 39.5. The minimum Gasteiger partial charge on any atom is -0.354 e. The van der Waals surface area contributed by atoms with Gasteiger partial charge in [-0.3, -0.25) is 0 Å². The van der Waals surface area contributed by atoms with Gasteiger partial charge in [-0.1, -0.05) is 129 Å². The average Bonchev–Trinajstić information content (AvgIpc) is 3.98. The summed E-state index contributed by atoms with van der Waals surface area (Å²) in [6.07, 6.45) is 10.6. The van der Waals surface area contributed by atoms with E-state index >= 15 is 0 Å². The molecule has 2 N–H and O–H groups in total. The molecule has 4 heteroatoms. The van der Waals surface area contributed by atoms with Crippen LogP contribution < -0.4 is 0 Å². The van der Waals surface area contributed by atoms with Gasteiger partial charge < -0.3 is 9.97 Å². The van der Waals surface area contributed by atoms with Crippen molar-refractivity contribution >= 4 is 44.4 Å². The molecule has 8 bridgehead atoms. The molecule has 0 fully saturated rings. The van der Waals surface area contributed by atoms with Crippen LogP contribution in [0.25, 0.3) is 66.6 Å². The molecule has 0 spiro atoms. The summed E-state index contributed by atoms with van der Waals surface area (Å²) in [5.74, 6) is 0. The smallest absolute Gasteiger partial charge is 0.0771 e. The van der Waals surface area contributed by atoms with Gasteiger partial charge in [-0.2, -0.15) is 0 Å². The molecule has 7 rings (SSSR count). The molecule has 0 saturated heterocycles. The number of allylic oxidation sites excluding steroid dienone is 4. The normalized spacial score (nSPS) is 13.0. The third-order valence-corrected chi connectivity index (χ3v) is 12.4. The highest BCUT2D eigenvalue weighted by molar-refractivity contribution is 6.05. The molecule has 0 radical (unpaired) electrons. The summed E-state index contributed by atoms with van der Waals surface area (Å²) in [4.78, 5) is 20.0. The van der Waals surface area contributed by atoms with Crippen molar-refractivity contribution < 1.29 is 0 Å². The van der Waals surface area contributed by atoms with Crippen LogP contribution in [0.4, 0.5) is 0 Å². The highest BCUT2D eigenvalue weighted by Gasteiger charge is 2.30. The van der Waals surface area contributed by atoms with Gasteiger partial charge in [-0.15, -0.1) is 0 Å². The van der Waals surface area contributed by atoms with Crippen molar-refractivity contribution in [3.8, 4) is 22.3 Å². The molecule has 2 aliphatic heterocycles. The Kier molecular flexibility index (Phi) is 12.0. The first kappa shape index (κ1) is 39.3. The number of benzene rings is 2. The Labute approximate surface area is 335 Å². The summed E-state index contributed by atoms with van der Waals surface area (Å²) < 4.78 is 0. The Hall–Kier alpha value is -4.96. The zero-order valence-electron chi connectivity index (χ0n) is 35.5. The van der Waals surface area contributed by atoms with Crippen LogP contribution in [0, 0.1) is 0 Å². The molecular weight excluding hydrogens is 681 g/mol. The number of aryl methyl sites for hydroxylation is 4. The zero-order valence-corrected chi connectivity index (χ0v) is 35.5. The second kappa shape index (κ2) is 17.0. The maximum Gasteiger partial charge on any atom is 0.0771 e. The number of aromatic amines is 2. The van der Waals surface area contributed by atoms with Crippen molar-refractivity contribution in [2.45, 2.75) is 133 Å². The number of aromatic nitrogens is 4. The largest absolute Gasteiger partial charge is 0.354 e. The van der Waals surface area contributed by atoms with Crippen LogP contribution in [-0.2, 0) is 32.1 Å². The molecule has 0 aliphatic carbocycles. The summed E-state index contributed by atoms with van der Waals surface area (Å²) in [6, 6.07) is 24.5. The van der Waals surface area contributed by atoms with Crippen LogP contribution >= 0.6 is 0 Å². The Balaban J connectivity index is 1.87. The fourth-order valence-corrected chi connectivity index (χ4v) is 9.82. The number of rotatable bonds is 13. The lowest BCUT2D eigenvalue weighted by Gasteiger charge is -2.12. The summed E-state index contributed by atoms with van der Waals surface area (Å²) in [6.45, 7) is 20.8. The van der Waals surface area contributed by atoms with E-state index in [2.05, 4.69) is 139 Å². The van der Waals surface area contributed by atoms with Crippen molar-refractivity contribution in [3.05, 3.63) is 117 Å². The molecule has 56 heavy (non-hydrogen) atoms. The molecule has 2 aliphatic rings. The minimum absolute atomic E-state index is 0.918. The number of nitrogens with zero attached hydrogens (tertiary/aromatic N) is 2. The standard InChI is InChI=1S/C52H62N4/c1-10-19-30-42-47-38(15-6)40(17-8)51(55-47)45(32-26-22-20-23-27-32)49-36(13-4)34(11-2)43(53-49)31-44-35(12-3)37(14-5)50(54-44)46(33-28-24-21-25-29-33)52-41(18-9)39(16-7)48(42)56-52/h20-29,31,53-54H,10-19,30H2,1-9H3. The Bertz CT molecular complexity index is 2300. The summed E-state index contributed by atoms with van der Waals surface area (Å²) in [5.41, 5.74) is 26.6. The highest BCUT2D eigenvalue weighted by atomic mass is 14.8. The van der Waals surface area contributed by atoms with E-state index in [9.17, 15) is 0 Å². The second-order valence-corrected chi connectivity index (χ2v) is 15.3. The van der Waals surface area contributed by atoms with Gasteiger partial charge in [-0.05, 0) is 126 Å². The summed E-state index contributed by atoms with van der Waals surface area (Å²) in [5, 5.41) is 0. The SMILES string of the molecule is CCCCc1c2nc(c(-c3ccccc3)c3[nH]c(cc4[nH]c(c(CC)c4CC)c(-c4ccccc4)c4nc1C(CC)=C4CC)c(CC)c3CC)C(CC)=C2CC. The van der Waals surface area contributed by atoms with Crippen LogP contribution in [-0.4, -0.2) is 19.9 Å². The van der Waals surface area contributed by atoms with Gasteiger partial charge in [0.1, 0.15) is 0 Å². The van der Waals surface area contributed by atoms with E-state index in [1.165, 1.54) is 94.4 Å². The van der Waals surface area contributed by atoms with E-state index in [1.54, 1.807) is 0 Å². The van der Waals surface area contributed by atoms with Crippen LogP contribution in [0.2, 0.25) is 0 Å². The van der Waals surface area contributed by atoms with E-state index in [4.69, 9.17) is 9.97 Å². The fourth-order valence-electron chi connectivity index (χ4n) is 9.82. The van der Waals surface area contributed by atoms with Gasteiger partial charge in [0.2, 0.25) is 0 Å². The van der Waals surface area contributed by atoms with Crippen LogP contribution in [0.3, 0.4) is 0 Å². The van der Waals surface area contributed by atoms with Gasteiger partial charge >= 0.3 is 0 Å². The third-order valence-electron chi connectivity index (χ3n) is 12.4. The molecule has 5 aromatic rings. The van der Waals surface area contributed by atoms with Crippen molar-refractivity contribution in [2.75, 3.05) is 0 Å². The maximum absolute atomic E-state index is 5.89. The minimum atomic E-state index is 0.918. The monoisotopic (exact) mass is 742 g/mol. The lowest BCUT2D eigenvalue weighted by molar-refractivity contribution is 0.786. The van der Waals surface area contributed by atoms with E-state index < -0.39 is 0 Å². The quantitative estimate of drug-likeness (QED) is 0.126. The van der Waals surface area contributed by atoms with Crippen LogP contribution in [0.5, 0.6) is 0 Å². The van der Waals surface area contributed by atoms with Crippen molar-refractivity contribution in [1.82, 2.24) is 19.9 Å². The predicted octanol–water partition coefficient (Wildman–Crippen LogP) is 14.7. The molecule has 3 aromatic heterocycles. The summed E-state index contributed by atoms with van der Waals surface area (Å²) in [7, 11) is 0. The number of H-pyrrole nitrogens is 2. The van der Waals surface area contributed by atoms with Crippen molar-refractivity contribution in [1.29, 1.82) is 0 Å². The Morgan fingerprint density at radius 2 is 0.786 bits per heavy atom. The van der Waals surface area contributed by atoms with Gasteiger partial charge in [0.25, 0.3) is 0 Å². The average molecular weight is 743 g/mol. The van der Waals surface area contributed by atoms with Gasteiger partial charge in [0.15, 0.2) is 0 Å². The third kappa shape index (κ3) is 6.59. The van der Waals surface area contributed by atoms with Gasteiger partial charge in [0.05, 0.1) is 33.8 Å². The molecule has 0 atom stereocenters. The van der Waals surface area contributed by atoms with Gasteiger partial charge in [0, 0.05) is 27.7 Å². The highest BCUT2D eigenvalue weighted by Crippen LogP contribution is 2.47. The number of unbranched alkanes of at least 4 members (excludes halogenated alkanes) is 1. The Morgan fingerprint density at radius 3 is 1.12 bits per heavy atom. The van der Waals surface area contributed by atoms with E-state index in [-0.39, 0.29) is 0 Å². The number of hydrogen-bond acceptors (Lipinski definition) is 2. The fraction of sp³-hybridized carbons (Fsp3) is 0.385.